The van der Waals surface area contributed by atoms with Crippen LogP contribution in [0.15, 0.2) is 52.4 Å². The standard InChI is InChI=1S/C21H21ClFN3O2S/c1-12(2)13(3)24-19(27)11-29-21-25-18-7-5-4-6-15(18)20(28)26(21)14-8-9-17(23)16(22)10-14/h4-10,12-13H,11H2,1-3H3,(H,24,27). The summed E-state index contributed by atoms with van der Waals surface area (Å²) in [6.07, 6.45) is 0. The average Bonchev–Trinajstić information content (AvgIpc) is 2.68. The number of fused-ring (bicyclic) bond motifs is 1. The molecule has 1 amide bonds. The minimum atomic E-state index is -0.575. The number of nitrogens with zero attached hydrogens (tertiary/aromatic N) is 2. The molecule has 0 fully saturated rings. The quantitative estimate of drug-likeness (QED) is 0.461. The van der Waals surface area contributed by atoms with Gasteiger partial charge in [0, 0.05) is 6.04 Å². The van der Waals surface area contributed by atoms with Crippen molar-refractivity contribution in [3.63, 3.8) is 0 Å². The molecule has 0 radical (unpaired) electrons. The second kappa shape index (κ2) is 8.97. The Morgan fingerprint density at radius 3 is 2.66 bits per heavy atom. The highest BCUT2D eigenvalue weighted by Gasteiger charge is 2.17. The number of amides is 1. The third-order valence-electron chi connectivity index (χ3n) is 4.63. The summed E-state index contributed by atoms with van der Waals surface area (Å²) in [5.41, 5.74) is 0.607. The molecule has 0 saturated carbocycles. The van der Waals surface area contributed by atoms with Crippen LogP contribution >= 0.6 is 23.4 Å². The van der Waals surface area contributed by atoms with E-state index < -0.39 is 5.82 Å². The largest absolute Gasteiger partial charge is 0.353 e. The van der Waals surface area contributed by atoms with Gasteiger partial charge >= 0.3 is 0 Å². The fraction of sp³-hybridized carbons (Fsp3) is 0.286. The molecule has 2 aromatic carbocycles. The number of aromatic nitrogens is 2. The van der Waals surface area contributed by atoms with E-state index in [2.05, 4.69) is 10.3 Å². The molecule has 0 aliphatic rings. The van der Waals surface area contributed by atoms with Crippen LogP contribution in [0, 0.1) is 11.7 Å². The molecule has 8 heteroatoms. The lowest BCUT2D eigenvalue weighted by Crippen LogP contribution is -2.37. The monoisotopic (exact) mass is 433 g/mol. The fourth-order valence-corrected chi connectivity index (χ4v) is 3.65. The van der Waals surface area contributed by atoms with Gasteiger partial charge in [0.25, 0.3) is 5.56 Å². The molecular formula is C21H21ClFN3O2S. The van der Waals surface area contributed by atoms with Gasteiger partial charge in [-0.3, -0.25) is 14.2 Å². The Morgan fingerprint density at radius 2 is 1.97 bits per heavy atom. The smallest absolute Gasteiger partial charge is 0.266 e. The molecule has 5 nitrogen and oxygen atoms in total. The van der Waals surface area contributed by atoms with Crippen LogP contribution in [-0.2, 0) is 4.79 Å². The van der Waals surface area contributed by atoms with E-state index in [0.717, 1.165) is 11.8 Å². The first-order valence-electron chi connectivity index (χ1n) is 9.17. The summed E-state index contributed by atoms with van der Waals surface area (Å²) in [7, 11) is 0. The Labute approximate surface area is 177 Å². The van der Waals surface area contributed by atoms with Gasteiger partial charge < -0.3 is 5.32 Å². The van der Waals surface area contributed by atoms with Crippen molar-refractivity contribution in [3.05, 3.63) is 63.7 Å². The number of para-hydroxylation sites is 1. The lowest BCUT2D eigenvalue weighted by Gasteiger charge is -2.18. The summed E-state index contributed by atoms with van der Waals surface area (Å²) < 4.78 is 15.0. The van der Waals surface area contributed by atoms with Crippen molar-refractivity contribution in [2.45, 2.75) is 32.0 Å². The maximum absolute atomic E-state index is 13.6. The van der Waals surface area contributed by atoms with Crippen molar-refractivity contribution in [3.8, 4) is 5.69 Å². The van der Waals surface area contributed by atoms with Crippen molar-refractivity contribution in [1.29, 1.82) is 0 Å². The number of carbonyl (C=O) groups is 1. The average molecular weight is 434 g/mol. The summed E-state index contributed by atoms with van der Waals surface area (Å²) in [6.45, 7) is 6.00. The summed E-state index contributed by atoms with van der Waals surface area (Å²) in [5, 5.41) is 3.60. The number of hydrogen-bond acceptors (Lipinski definition) is 4. The molecule has 1 unspecified atom stereocenters. The highest BCUT2D eigenvalue weighted by atomic mass is 35.5. The van der Waals surface area contributed by atoms with E-state index in [9.17, 15) is 14.0 Å². The van der Waals surface area contributed by atoms with Crippen molar-refractivity contribution < 1.29 is 9.18 Å². The van der Waals surface area contributed by atoms with Crippen LogP contribution in [0.1, 0.15) is 20.8 Å². The first-order valence-corrected chi connectivity index (χ1v) is 10.5. The van der Waals surface area contributed by atoms with E-state index in [4.69, 9.17) is 11.6 Å². The van der Waals surface area contributed by atoms with Crippen LogP contribution in [-0.4, -0.2) is 27.3 Å². The predicted octanol–water partition coefficient (Wildman–Crippen LogP) is 4.43. The van der Waals surface area contributed by atoms with Gasteiger partial charge in [-0.2, -0.15) is 0 Å². The zero-order valence-electron chi connectivity index (χ0n) is 16.3. The zero-order valence-corrected chi connectivity index (χ0v) is 17.9. The molecule has 3 aromatic rings. The summed E-state index contributed by atoms with van der Waals surface area (Å²) in [5.74, 6) is -0.324. The third kappa shape index (κ3) is 4.79. The number of halogens is 2. The lowest BCUT2D eigenvalue weighted by atomic mass is 10.1. The molecule has 1 N–H and O–H groups in total. The zero-order chi connectivity index (χ0) is 21.1. The van der Waals surface area contributed by atoms with Crippen LogP contribution in [0.2, 0.25) is 5.02 Å². The molecule has 0 bridgehead atoms. The molecule has 29 heavy (non-hydrogen) atoms. The minimum absolute atomic E-state index is 0.0331. The maximum atomic E-state index is 13.6. The van der Waals surface area contributed by atoms with E-state index in [-0.39, 0.29) is 28.3 Å². The number of thioether (sulfide) groups is 1. The van der Waals surface area contributed by atoms with Gasteiger partial charge in [-0.1, -0.05) is 49.3 Å². The van der Waals surface area contributed by atoms with Crippen LogP contribution in [0.25, 0.3) is 16.6 Å². The van der Waals surface area contributed by atoms with Crippen molar-refractivity contribution in [2.75, 3.05) is 5.75 Å². The van der Waals surface area contributed by atoms with E-state index >= 15 is 0 Å². The van der Waals surface area contributed by atoms with Gasteiger partial charge in [0.2, 0.25) is 5.91 Å². The molecule has 0 saturated heterocycles. The first-order chi connectivity index (χ1) is 13.8. The Balaban J connectivity index is 2.02. The molecule has 3 rings (SSSR count). The van der Waals surface area contributed by atoms with E-state index in [1.807, 2.05) is 20.8 Å². The molecule has 152 valence electrons. The molecule has 0 aliphatic carbocycles. The van der Waals surface area contributed by atoms with Gasteiger partial charge in [-0.15, -0.1) is 0 Å². The third-order valence-corrected chi connectivity index (χ3v) is 5.86. The normalized spacial score (nSPS) is 12.3. The Morgan fingerprint density at radius 1 is 1.24 bits per heavy atom. The fourth-order valence-electron chi connectivity index (χ4n) is 2.65. The van der Waals surface area contributed by atoms with Gasteiger partial charge in [-0.05, 0) is 43.2 Å². The molecule has 0 spiro atoms. The van der Waals surface area contributed by atoms with E-state index in [1.165, 1.54) is 22.8 Å². The second-order valence-electron chi connectivity index (χ2n) is 7.04. The SMILES string of the molecule is CC(C)C(C)NC(=O)CSc1nc2ccccc2c(=O)n1-c1ccc(F)c(Cl)c1. The molecule has 1 aromatic heterocycles. The number of nitrogens with one attached hydrogen (secondary N) is 1. The van der Waals surface area contributed by atoms with E-state index in [0.29, 0.717) is 27.7 Å². The highest BCUT2D eigenvalue weighted by molar-refractivity contribution is 7.99. The van der Waals surface area contributed by atoms with Crippen LogP contribution in [0.4, 0.5) is 4.39 Å². The lowest BCUT2D eigenvalue weighted by molar-refractivity contribution is -0.119. The minimum Gasteiger partial charge on any atom is -0.353 e. The van der Waals surface area contributed by atoms with Gasteiger partial charge in [0.1, 0.15) is 5.82 Å². The number of rotatable bonds is 6. The maximum Gasteiger partial charge on any atom is 0.266 e. The van der Waals surface area contributed by atoms with Crippen molar-refractivity contribution in [1.82, 2.24) is 14.9 Å². The molecule has 0 aliphatic heterocycles. The Hall–Kier alpha value is -2.38. The van der Waals surface area contributed by atoms with Crippen LogP contribution in [0.3, 0.4) is 0 Å². The second-order valence-corrected chi connectivity index (χ2v) is 8.39. The number of benzene rings is 2. The first kappa shape index (κ1) is 21.3. The topological polar surface area (TPSA) is 64.0 Å². The van der Waals surface area contributed by atoms with Crippen LogP contribution < -0.4 is 10.9 Å². The van der Waals surface area contributed by atoms with Crippen molar-refractivity contribution in [2.24, 2.45) is 5.92 Å². The Kier molecular flexibility index (Phi) is 6.59. The summed E-state index contributed by atoms with van der Waals surface area (Å²) in [6, 6.07) is 11.0. The molecule has 1 atom stereocenters. The van der Waals surface area contributed by atoms with Gasteiger partial charge in [0.05, 0.1) is 27.4 Å². The van der Waals surface area contributed by atoms with Gasteiger partial charge in [-0.25, -0.2) is 9.37 Å². The number of carbonyl (C=O) groups excluding carboxylic acids is 1. The van der Waals surface area contributed by atoms with Crippen molar-refractivity contribution >= 4 is 40.2 Å². The highest BCUT2D eigenvalue weighted by Crippen LogP contribution is 2.24. The Bertz CT molecular complexity index is 1120. The predicted molar refractivity (Wildman–Crippen MR) is 115 cm³/mol. The summed E-state index contributed by atoms with van der Waals surface area (Å²) >= 11 is 7.07. The number of hydrogen-bond donors (Lipinski definition) is 1. The van der Waals surface area contributed by atoms with E-state index in [1.54, 1.807) is 24.3 Å². The van der Waals surface area contributed by atoms with Gasteiger partial charge in [0.15, 0.2) is 5.16 Å². The molecular weight excluding hydrogens is 413 g/mol. The molecule has 1 heterocycles. The van der Waals surface area contributed by atoms with Crippen LogP contribution in [0.5, 0.6) is 0 Å². The summed E-state index contributed by atoms with van der Waals surface area (Å²) in [4.78, 5) is 30.0.